The first-order valence-electron chi connectivity index (χ1n) is 6.87. The summed E-state index contributed by atoms with van der Waals surface area (Å²) in [5.74, 6) is 2.43. The fraction of sp³-hybridized carbons (Fsp3) is 0.429. The van der Waals surface area contributed by atoms with Gasteiger partial charge >= 0.3 is 0 Å². The number of aromatic amines is 1. The second-order valence-corrected chi connectivity index (χ2v) is 6.60. The van der Waals surface area contributed by atoms with Gasteiger partial charge in [0.25, 0.3) is 0 Å². The predicted molar refractivity (Wildman–Crippen MR) is 86.6 cm³/mol. The Morgan fingerprint density at radius 1 is 1.50 bits per heavy atom. The number of pyridine rings is 1. The van der Waals surface area contributed by atoms with E-state index in [1.165, 1.54) is 28.9 Å². The lowest BCUT2D eigenvalue weighted by molar-refractivity contribution is 0.882. The number of nitrogens with zero attached hydrogens (tertiary/aromatic N) is 3. The number of nitrogens with one attached hydrogen (secondary N) is 1. The summed E-state index contributed by atoms with van der Waals surface area (Å²) in [4.78, 5) is 5.82. The zero-order chi connectivity index (χ0) is 13.9. The Balaban J connectivity index is 1.86. The molecule has 6 heteroatoms. The minimum Gasteiger partial charge on any atom is -0.302 e. The molecule has 1 unspecified atom stereocenters. The average Bonchev–Trinajstić information content (AvgIpc) is 3.07. The van der Waals surface area contributed by atoms with Crippen molar-refractivity contribution in [1.29, 1.82) is 0 Å². The number of anilines is 1. The van der Waals surface area contributed by atoms with Crippen molar-refractivity contribution in [3.8, 4) is 0 Å². The normalized spacial score (nSPS) is 17.5. The number of hydrogen-bond acceptors (Lipinski definition) is 5. The van der Waals surface area contributed by atoms with Gasteiger partial charge in [-0.05, 0) is 23.8 Å². The molecule has 0 saturated heterocycles. The van der Waals surface area contributed by atoms with E-state index in [2.05, 4.69) is 41.0 Å². The molecular formula is C14H18N4S2. The molecular weight excluding hydrogens is 288 g/mol. The number of thiol groups is 1. The van der Waals surface area contributed by atoms with E-state index in [-0.39, 0.29) is 0 Å². The van der Waals surface area contributed by atoms with Crippen LogP contribution in [0.5, 0.6) is 0 Å². The Kier molecular flexibility index (Phi) is 4.21. The first-order valence-corrected chi connectivity index (χ1v) is 8.26. The monoisotopic (exact) mass is 306 g/mol. The summed E-state index contributed by atoms with van der Waals surface area (Å²) in [5.41, 5.74) is 2.45. The lowest BCUT2D eigenvalue weighted by Crippen LogP contribution is -2.10. The molecule has 0 amide bonds. The van der Waals surface area contributed by atoms with Gasteiger partial charge in [0, 0.05) is 35.3 Å². The van der Waals surface area contributed by atoms with Crippen molar-refractivity contribution in [2.45, 2.75) is 30.6 Å². The maximum atomic E-state index is 4.58. The van der Waals surface area contributed by atoms with Crippen LogP contribution in [0.3, 0.4) is 0 Å². The summed E-state index contributed by atoms with van der Waals surface area (Å²) in [6.45, 7) is 3.06. The molecule has 0 aliphatic carbocycles. The van der Waals surface area contributed by atoms with E-state index in [9.17, 15) is 0 Å². The highest BCUT2D eigenvalue weighted by Gasteiger charge is 2.30. The number of rotatable bonds is 5. The molecule has 1 aliphatic rings. The summed E-state index contributed by atoms with van der Waals surface area (Å²) in [6.07, 6.45) is 8.27. The fourth-order valence-corrected chi connectivity index (χ4v) is 3.77. The van der Waals surface area contributed by atoms with Crippen molar-refractivity contribution in [3.63, 3.8) is 0 Å². The van der Waals surface area contributed by atoms with Crippen molar-refractivity contribution < 1.29 is 0 Å². The van der Waals surface area contributed by atoms with Crippen LogP contribution in [0.4, 0.5) is 5.82 Å². The molecule has 0 bridgehead atoms. The summed E-state index contributed by atoms with van der Waals surface area (Å²) >= 11 is 6.40. The molecule has 0 spiro atoms. The van der Waals surface area contributed by atoms with Crippen molar-refractivity contribution in [1.82, 2.24) is 15.2 Å². The summed E-state index contributed by atoms with van der Waals surface area (Å²) in [6, 6.07) is 2.26. The quantitative estimate of drug-likeness (QED) is 0.504. The molecule has 0 aromatic carbocycles. The Morgan fingerprint density at radius 2 is 2.40 bits per heavy atom. The van der Waals surface area contributed by atoms with Gasteiger partial charge in [-0.25, -0.2) is 4.98 Å². The summed E-state index contributed by atoms with van der Waals surface area (Å²) in [5, 5.41) is 6.94. The zero-order valence-corrected chi connectivity index (χ0v) is 13.1. The van der Waals surface area contributed by atoms with E-state index >= 15 is 0 Å². The van der Waals surface area contributed by atoms with Crippen molar-refractivity contribution >= 4 is 30.4 Å². The molecule has 0 radical (unpaired) electrons. The molecule has 1 atom stereocenters. The molecule has 1 aliphatic heterocycles. The molecule has 3 rings (SSSR count). The highest BCUT2D eigenvalue weighted by molar-refractivity contribution is 7.99. The number of fused-ring (bicyclic) bond motifs is 1. The van der Waals surface area contributed by atoms with Gasteiger partial charge in [-0.2, -0.15) is 5.10 Å². The van der Waals surface area contributed by atoms with E-state index in [0.29, 0.717) is 5.92 Å². The number of aromatic nitrogens is 3. The molecule has 3 heterocycles. The van der Waals surface area contributed by atoms with E-state index < -0.39 is 0 Å². The first-order chi connectivity index (χ1) is 9.79. The Hall–Kier alpha value is -1.14. The highest BCUT2D eigenvalue weighted by atomic mass is 32.2. The molecule has 20 heavy (non-hydrogen) atoms. The maximum absolute atomic E-state index is 4.58. The molecule has 2 aromatic rings. The predicted octanol–water partition coefficient (Wildman–Crippen LogP) is 3.49. The molecule has 106 valence electrons. The van der Waals surface area contributed by atoms with Crippen LogP contribution >= 0.6 is 24.6 Å². The van der Waals surface area contributed by atoms with Gasteiger partial charge in [-0.1, -0.05) is 26.2 Å². The van der Waals surface area contributed by atoms with Crippen LogP contribution in [0.15, 0.2) is 29.6 Å². The average molecular weight is 306 g/mol. The van der Waals surface area contributed by atoms with Gasteiger partial charge < -0.3 is 4.31 Å². The van der Waals surface area contributed by atoms with Crippen LogP contribution in [-0.2, 0) is 0 Å². The molecule has 4 nitrogen and oxygen atoms in total. The van der Waals surface area contributed by atoms with Crippen LogP contribution < -0.4 is 4.31 Å². The number of H-pyrrole nitrogens is 1. The second-order valence-electron chi connectivity index (χ2n) is 4.95. The van der Waals surface area contributed by atoms with E-state index in [0.717, 1.165) is 18.1 Å². The number of thioether (sulfide) groups is 1. The van der Waals surface area contributed by atoms with Gasteiger partial charge in [0.2, 0.25) is 0 Å². The summed E-state index contributed by atoms with van der Waals surface area (Å²) < 4.78 is 1.92. The van der Waals surface area contributed by atoms with Gasteiger partial charge in [0.1, 0.15) is 5.82 Å². The van der Waals surface area contributed by atoms with Crippen LogP contribution in [0.25, 0.3) is 0 Å². The Labute approximate surface area is 128 Å². The molecule has 0 saturated carbocycles. The second kappa shape index (κ2) is 6.10. The lowest BCUT2D eigenvalue weighted by atomic mass is 9.97. The van der Waals surface area contributed by atoms with Gasteiger partial charge in [-0.3, -0.25) is 5.10 Å². The third-order valence-corrected chi connectivity index (χ3v) is 4.94. The third-order valence-electron chi connectivity index (χ3n) is 3.53. The molecule has 1 N–H and O–H groups in total. The van der Waals surface area contributed by atoms with E-state index in [4.69, 9.17) is 0 Å². The molecule has 2 aromatic heterocycles. The Morgan fingerprint density at radius 3 is 3.15 bits per heavy atom. The lowest BCUT2D eigenvalue weighted by Gasteiger charge is -2.08. The number of unbranched alkanes of at least 4 members (excludes halogenated alkanes) is 1. The molecule has 0 fully saturated rings. The minimum absolute atomic E-state index is 0.306. The van der Waals surface area contributed by atoms with E-state index in [1.807, 2.05) is 34.7 Å². The van der Waals surface area contributed by atoms with Crippen LogP contribution in [-0.4, -0.2) is 27.5 Å². The van der Waals surface area contributed by atoms with Crippen molar-refractivity contribution in [2.24, 2.45) is 0 Å². The minimum atomic E-state index is 0.306. The van der Waals surface area contributed by atoms with Gasteiger partial charge in [0.05, 0.1) is 6.20 Å². The smallest absolute Gasteiger partial charge is 0.142 e. The Bertz CT molecular complexity index is 571. The SMILES string of the molecule is CCCCSc1cnc2c(c1)C(c1cn[nH]c1)CN2S. The van der Waals surface area contributed by atoms with Crippen molar-refractivity contribution in [3.05, 3.63) is 35.8 Å². The largest absolute Gasteiger partial charge is 0.302 e. The van der Waals surface area contributed by atoms with Gasteiger partial charge in [0.15, 0.2) is 0 Å². The maximum Gasteiger partial charge on any atom is 0.142 e. The highest BCUT2D eigenvalue weighted by Crippen LogP contribution is 2.40. The fourth-order valence-electron chi connectivity index (χ4n) is 2.43. The van der Waals surface area contributed by atoms with Crippen LogP contribution in [0.1, 0.15) is 36.8 Å². The van der Waals surface area contributed by atoms with Crippen molar-refractivity contribution in [2.75, 3.05) is 16.6 Å². The topological polar surface area (TPSA) is 44.8 Å². The summed E-state index contributed by atoms with van der Waals surface area (Å²) in [7, 11) is 0. The van der Waals surface area contributed by atoms with Gasteiger partial charge in [-0.15, -0.1) is 11.8 Å². The standard InChI is InChI=1S/C14H18N4S2/c1-2-3-4-20-11-5-12-13(10-6-16-17-7-10)9-18(19)14(12)15-8-11/h5-8,13,19H,2-4,9H2,1H3,(H,16,17). The first kappa shape index (κ1) is 13.8. The third kappa shape index (κ3) is 2.67. The van der Waals surface area contributed by atoms with Crippen LogP contribution in [0, 0.1) is 0 Å². The zero-order valence-electron chi connectivity index (χ0n) is 11.4. The van der Waals surface area contributed by atoms with E-state index in [1.54, 1.807) is 0 Å². The van der Waals surface area contributed by atoms with Crippen LogP contribution in [0.2, 0.25) is 0 Å². The number of hydrogen-bond donors (Lipinski definition) is 2.